The Balaban J connectivity index is 1.56. The van der Waals surface area contributed by atoms with Crippen LogP contribution in [0.2, 0.25) is 0 Å². The molecule has 1 heterocycles. The third-order valence-electron chi connectivity index (χ3n) is 4.61. The van der Waals surface area contributed by atoms with Gasteiger partial charge in [-0.25, -0.2) is 13.9 Å². The fourth-order valence-corrected chi connectivity index (χ4v) is 3.28. The number of benzene rings is 3. The number of nitrogens with one attached hydrogen (secondary N) is 1. The molecule has 6 nitrogen and oxygen atoms in total. The summed E-state index contributed by atoms with van der Waals surface area (Å²) in [5.41, 5.74) is 1.45. The molecule has 4 aromatic rings. The summed E-state index contributed by atoms with van der Waals surface area (Å²) < 4.78 is 38.3. The molecule has 3 aromatic carbocycles. The quantitative estimate of drug-likeness (QED) is 0.304. The summed E-state index contributed by atoms with van der Waals surface area (Å²) >= 11 is 4.96. The van der Waals surface area contributed by atoms with Crippen molar-refractivity contribution in [1.82, 2.24) is 14.9 Å². The minimum absolute atomic E-state index is 0.0140. The fraction of sp³-hybridized carbons (Fsp3) is 0.136. The van der Waals surface area contributed by atoms with Gasteiger partial charge in [0.25, 0.3) is 6.43 Å². The van der Waals surface area contributed by atoms with E-state index in [2.05, 4.69) is 15.3 Å². The lowest BCUT2D eigenvalue weighted by molar-refractivity contribution is 0.136. The SMILES string of the molecule is COc1ccc(/C=N\n2c(C(F)F)n[nH]c2=S)cc1COc1ccc2ccccc2c1. The standard InChI is InChI=1S/C22H18F2N4O2S/c1-29-19-9-6-14(12-25-28-21(20(23)24)26-27-22(28)31)10-17(19)13-30-18-8-7-15-4-2-3-5-16(15)11-18/h2-12,20H,13H2,1H3,(H,27,31)/b25-12-. The number of methoxy groups -OCH3 is 1. The molecule has 0 amide bonds. The fourth-order valence-electron chi connectivity index (χ4n) is 3.09. The lowest BCUT2D eigenvalue weighted by atomic mass is 10.1. The monoisotopic (exact) mass is 440 g/mol. The highest BCUT2D eigenvalue weighted by atomic mass is 32.1. The number of hydrogen-bond donors (Lipinski definition) is 1. The second-order valence-electron chi connectivity index (χ2n) is 6.61. The number of aromatic nitrogens is 3. The summed E-state index contributed by atoms with van der Waals surface area (Å²) in [7, 11) is 1.57. The molecule has 0 fully saturated rings. The Hall–Kier alpha value is -3.59. The van der Waals surface area contributed by atoms with Crippen molar-refractivity contribution >= 4 is 29.2 Å². The van der Waals surface area contributed by atoms with E-state index in [1.54, 1.807) is 19.2 Å². The lowest BCUT2D eigenvalue weighted by Crippen LogP contribution is -2.01. The van der Waals surface area contributed by atoms with E-state index in [4.69, 9.17) is 21.7 Å². The van der Waals surface area contributed by atoms with Crippen molar-refractivity contribution in [3.63, 3.8) is 0 Å². The van der Waals surface area contributed by atoms with Crippen LogP contribution in [0.4, 0.5) is 8.78 Å². The van der Waals surface area contributed by atoms with Crippen LogP contribution in [0.1, 0.15) is 23.4 Å². The molecule has 0 saturated heterocycles. The van der Waals surface area contributed by atoms with Crippen molar-refractivity contribution in [3.8, 4) is 11.5 Å². The summed E-state index contributed by atoms with van der Waals surface area (Å²) in [4.78, 5) is 0. The Morgan fingerprint density at radius 1 is 1.13 bits per heavy atom. The number of ether oxygens (including phenoxy) is 2. The molecule has 0 aliphatic heterocycles. The molecule has 0 atom stereocenters. The molecule has 0 bridgehead atoms. The van der Waals surface area contributed by atoms with E-state index in [1.807, 2.05) is 48.5 Å². The maximum absolute atomic E-state index is 13.0. The third kappa shape index (κ3) is 4.61. The van der Waals surface area contributed by atoms with Gasteiger partial charge in [-0.2, -0.15) is 14.9 Å². The van der Waals surface area contributed by atoms with Crippen LogP contribution in [0.15, 0.2) is 65.8 Å². The van der Waals surface area contributed by atoms with Crippen LogP contribution in [-0.2, 0) is 6.61 Å². The molecule has 0 aliphatic rings. The number of hydrogen-bond acceptors (Lipinski definition) is 5. The average molecular weight is 440 g/mol. The summed E-state index contributed by atoms with van der Waals surface area (Å²) in [5, 5.41) is 12.1. The predicted molar refractivity (Wildman–Crippen MR) is 117 cm³/mol. The maximum atomic E-state index is 13.0. The van der Waals surface area contributed by atoms with Crippen LogP contribution in [-0.4, -0.2) is 28.2 Å². The Bertz CT molecular complexity index is 1300. The van der Waals surface area contributed by atoms with Gasteiger partial charge in [-0.15, -0.1) is 0 Å². The van der Waals surface area contributed by atoms with Crippen molar-refractivity contribution < 1.29 is 18.3 Å². The molecule has 0 spiro atoms. The summed E-state index contributed by atoms with van der Waals surface area (Å²) in [6.45, 7) is 0.261. The van der Waals surface area contributed by atoms with E-state index in [1.165, 1.54) is 6.21 Å². The van der Waals surface area contributed by atoms with Crippen LogP contribution in [0.25, 0.3) is 10.8 Å². The van der Waals surface area contributed by atoms with Crippen LogP contribution in [0.3, 0.4) is 0 Å². The molecule has 1 aromatic heterocycles. The van der Waals surface area contributed by atoms with Gasteiger partial charge in [0, 0.05) is 5.56 Å². The Morgan fingerprint density at radius 2 is 1.94 bits per heavy atom. The summed E-state index contributed by atoms with van der Waals surface area (Å²) in [6, 6.07) is 19.2. The van der Waals surface area contributed by atoms with Crippen LogP contribution in [0, 0.1) is 4.77 Å². The van der Waals surface area contributed by atoms with Gasteiger partial charge in [-0.3, -0.25) is 0 Å². The summed E-state index contributed by atoms with van der Waals surface area (Å²) in [5.74, 6) is 0.826. The molecule has 0 unspecified atom stereocenters. The minimum atomic E-state index is -2.80. The van der Waals surface area contributed by atoms with Gasteiger partial charge < -0.3 is 9.47 Å². The van der Waals surface area contributed by atoms with E-state index in [9.17, 15) is 8.78 Å². The van der Waals surface area contributed by atoms with Crippen LogP contribution in [0.5, 0.6) is 11.5 Å². The van der Waals surface area contributed by atoms with Gasteiger partial charge in [0.1, 0.15) is 18.1 Å². The maximum Gasteiger partial charge on any atom is 0.299 e. The zero-order valence-corrected chi connectivity index (χ0v) is 17.3. The second-order valence-corrected chi connectivity index (χ2v) is 7.00. The second kappa shape index (κ2) is 9.05. The van der Waals surface area contributed by atoms with Crippen molar-refractivity contribution in [2.75, 3.05) is 7.11 Å². The zero-order valence-electron chi connectivity index (χ0n) is 16.5. The van der Waals surface area contributed by atoms with Gasteiger partial charge in [0.15, 0.2) is 0 Å². The minimum Gasteiger partial charge on any atom is -0.496 e. The number of nitrogens with zero attached hydrogens (tertiary/aromatic N) is 3. The predicted octanol–water partition coefficient (Wildman–Crippen LogP) is 5.50. The smallest absolute Gasteiger partial charge is 0.299 e. The number of H-pyrrole nitrogens is 1. The highest BCUT2D eigenvalue weighted by Crippen LogP contribution is 2.25. The van der Waals surface area contributed by atoms with E-state index in [0.717, 1.165) is 26.8 Å². The average Bonchev–Trinajstić information content (AvgIpc) is 3.16. The van der Waals surface area contributed by atoms with Crippen molar-refractivity contribution in [1.29, 1.82) is 0 Å². The van der Waals surface area contributed by atoms with Crippen molar-refractivity contribution in [2.24, 2.45) is 5.10 Å². The van der Waals surface area contributed by atoms with E-state index >= 15 is 0 Å². The Labute approximate surface area is 181 Å². The molecule has 31 heavy (non-hydrogen) atoms. The first-order valence-electron chi connectivity index (χ1n) is 9.33. The number of fused-ring (bicyclic) bond motifs is 1. The van der Waals surface area contributed by atoms with E-state index in [-0.39, 0.29) is 11.4 Å². The summed E-state index contributed by atoms with van der Waals surface area (Å²) in [6.07, 6.45) is -1.37. The van der Waals surface area contributed by atoms with Gasteiger partial charge in [-0.1, -0.05) is 30.3 Å². The lowest BCUT2D eigenvalue weighted by Gasteiger charge is -2.12. The van der Waals surface area contributed by atoms with E-state index < -0.39 is 12.2 Å². The topological polar surface area (TPSA) is 64.4 Å². The zero-order chi connectivity index (χ0) is 21.8. The molecular weight excluding hydrogens is 422 g/mol. The van der Waals surface area contributed by atoms with Crippen LogP contribution >= 0.6 is 12.2 Å². The highest BCUT2D eigenvalue weighted by Gasteiger charge is 2.16. The number of aromatic amines is 1. The van der Waals surface area contributed by atoms with Crippen molar-refractivity contribution in [3.05, 3.63) is 82.4 Å². The molecule has 158 valence electrons. The van der Waals surface area contributed by atoms with Gasteiger partial charge in [-0.05, 0) is 58.9 Å². The van der Waals surface area contributed by atoms with E-state index in [0.29, 0.717) is 11.3 Å². The molecule has 9 heteroatoms. The van der Waals surface area contributed by atoms with Crippen LogP contribution < -0.4 is 9.47 Å². The number of halogens is 2. The molecule has 4 rings (SSSR count). The highest BCUT2D eigenvalue weighted by molar-refractivity contribution is 7.71. The molecule has 0 aliphatic carbocycles. The number of alkyl halides is 2. The normalized spacial score (nSPS) is 11.5. The third-order valence-corrected chi connectivity index (χ3v) is 4.88. The molecule has 1 N–H and O–H groups in total. The first kappa shape index (κ1) is 20.7. The molecule has 0 saturated carbocycles. The largest absolute Gasteiger partial charge is 0.496 e. The Morgan fingerprint density at radius 3 is 2.71 bits per heavy atom. The van der Waals surface area contributed by atoms with Gasteiger partial charge in [0.2, 0.25) is 10.6 Å². The number of rotatable bonds is 7. The molecule has 0 radical (unpaired) electrons. The van der Waals surface area contributed by atoms with Gasteiger partial charge in [0.05, 0.1) is 13.3 Å². The van der Waals surface area contributed by atoms with Crippen molar-refractivity contribution in [2.45, 2.75) is 13.0 Å². The Kier molecular flexibility index (Phi) is 6.03. The first-order chi connectivity index (χ1) is 15.0. The molecular formula is C22H18F2N4O2S. The van der Waals surface area contributed by atoms with Gasteiger partial charge >= 0.3 is 0 Å². The first-order valence-corrected chi connectivity index (χ1v) is 9.74.